The fourth-order valence-electron chi connectivity index (χ4n) is 8.26. The van der Waals surface area contributed by atoms with Crippen LogP contribution in [0.15, 0.2) is 175 Å². The molecule has 0 saturated carbocycles. The summed E-state index contributed by atoms with van der Waals surface area (Å²) >= 11 is 0. The van der Waals surface area contributed by atoms with Crippen LogP contribution in [0.3, 0.4) is 0 Å². The van der Waals surface area contributed by atoms with E-state index < -0.39 is 0 Å². The van der Waals surface area contributed by atoms with Gasteiger partial charge in [0.05, 0.1) is 5.58 Å². The summed E-state index contributed by atoms with van der Waals surface area (Å²) in [6.07, 6.45) is 10.3. The molecule has 0 bridgehead atoms. The van der Waals surface area contributed by atoms with Crippen LogP contribution in [0.2, 0.25) is 0 Å². The van der Waals surface area contributed by atoms with Crippen LogP contribution < -0.4 is 0 Å². The summed E-state index contributed by atoms with van der Waals surface area (Å²) < 4.78 is 19.3. The van der Waals surface area contributed by atoms with Crippen LogP contribution >= 0.6 is 0 Å². The molecule has 10 aromatic rings. The Morgan fingerprint density at radius 2 is 1.25 bits per heavy atom. The van der Waals surface area contributed by atoms with E-state index >= 15 is 0 Å². The third-order valence-corrected chi connectivity index (χ3v) is 11.5. The van der Waals surface area contributed by atoms with Gasteiger partial charge >= 0.3 is 20.1 Å². The number of benzene rings is 5. The molecule has 5 aromatic carbocycles. The van der Waals surface area contributed by atoms with Gasteiger partial charge in [-0.2, -0.15) is 0 Å². The molecule has 0 amide bonds. The van der Waals surface area contributed by atoms with E-state index in [1.54, 1.807) is 6.07 Å². The summed E-state index contributed by atoms with van der Waals surface area (Å²) in [5.74, 6) is -0.292. The third-order valence-electron chi connectivity index (χ3n) is 11.5. The molecule has 0 saturated heterocycles. The molecule has 10 rings (SSSR count). The number of hydrogen-bond acceptors (Lipinski definition) is 5. The second-order valence-corrected chi connectivity index (χ2v) is 18.0. The van der Waals surface area contributed by atoms with Crippen LogP contribution in [-0.2, 0) is 52.2 Å². The Labute approximate surface area is 406 Å². The summed E-state index contributed by atoms with van der Waals surface area (Å²) in [5, 5.41) is 2.08. The normalized spacial score (nSPS) is 11.2. The molecule has 0 aliphatic carbocycles. The Morgan fingerprint density at radius 1 is 0.552 bits per heavy atom. The zero-order valence-electron chi connectivity index (χ0n) is 38.1. The average Bonchev–Trinajstić information content (AvgIpc) is 3.71. The van der Waals surface area contributed by atoms with Crippen molar-refractivity contribution in [2.75, 3.05) is 0 Å². The molecule has 5 heterocycles. The molecule has 0 N–H and O–H groups in total. The van der Waals surface area contributed by atoms with Crippen LogP contribution in [0.5, 0.6) is 0 Å². The molecule has 0 radical (unpaired) electrons. The molecule has 0 unspecified atom stereocenters. The maximum absolute atomic E-state index is 13.2. The number of nitrogens with zero attached hydrogens (tertiary/aromatic N) is 4. The van der Waals surface area contributed by atoms with Gasteiger partial charge < -0.3 is 19.4 Å². The quantitative estimate of drug-likeness (QED) is 0.121. The predicted molar refractivity (Wildman–Crippen MR) is 265 cm³/mol. The Bertz CT molecular complexity index is 3200. The molecule has 67 heavy (non-hydrogen) atoms. The van der Waals surface area contributed by atoms with Gasteiger partial charge in [-0.3, -0.25) is 4.39 Å². The van der Waals surface area contributed by atoms with Crippen molar-refractivity contribution in [3.05, 3.63) is 228 Å². The number of pyridine rings is 4. The Balaban J connectivity index is 0.000000200. The molecule has 0 aliphatic rings. The topological polar surface area (TPSA) is 64.7 Å². The van der Waals surface area contributed by atoms with Gasteiger partial charge in [0.2, 0.25) is 5.71 Å². The number of aryl methyl sites for hydroxylation is 5. The van der Waals surface area contributed by atoms with E-state index in [1.807, 2.05) is 68.0 Å². The molecule has 332 valence electrons. The summed E-state index contributed by atoms with van der Waals surface area (Å²) in [5.41, 5.74) is 16.8. The van der Waals surface area contributed by atoms with Crippen molar-refractivity contribution in [2.24, 2.45) is 5.41 Å². The minimum atomic E-state index is -0.292. The minimum Gasteiger partial charge on any atom is -0.486 e. The van der Waals surface area contributed by atoms with Crippen LogP contribution in [0.4, 0.5) is 4.39 Å². The largest absolute Gasteiger partial charge is 3.00 e. The molecule has 0 spiro atoms. The standard InChI is InChI=1S/C38H29FN2.C22H21N2O.Ir/c39-36-20-18-34(19-21-36)38-22-15-29(27-41-38)10-12-31-24-30(25-35(26-31)32-6-2-1-3-7-32)11-9-28-13-16-33(17-14-28)37-8-4-5-23-40-37;1-14-8-9-17-16-6-5-7-18(20(16)25-21(17)24-14)19-12-15(10-11-23-19)13-22(2,3)4;/h1-8,13-16,18,20-27H,9-12H2;5-6,8-12H,13H2,1-4H3;/q-2;-1;+3. The fraction of sp³-hybridized carbons (Fsp3) is 0.167. The van der Waals surface area contributed by atoms with Crippen LogP contribution in [0, 0.1) is 36.4 Å². The molecule has 5 aromatic heterocycles. The number of fused-ring (bicyclic) bond motifs is 3. The molecule has 0 aliphatic heterocycles. The molecule has 0 fully saturated rings. The first-order chi connectivity index (χ1) is 32.1. The molecular formula is C60H50FIrN4O. The summed E-state index contributed by atoms with van der Waals surface area (Å²) in [6.45, 7) is 8.70. The van der Waals surface area contributed by atoms with E-state index in [9.17, 15) is 4.39 Å². The molecular weight excluding hydrogens is 1000 g/mol. The Morgan fingerprint density at radius 3 is 1.94 bits per heavy atom. The maximum atomic E-state index is 13.2. The van der Waals surface area contributed by atoms with Crippen molar-refractivity contribution in [1.82, 2.24) is 19.9 Å². The van der Waals surface area contributed by atoms with E-state index in [-0.39, 0.29) is 31.3 Å². The first-order valence-corrected chi connectivity index (χ1v) is 22.5. The average molecular weight is 1050 g/mol. The summed E-state index contributed by atoms with van der Waals surface area (Å²) in [7, 11) is 0. The van der Waals surface area contributed by atoms with Crippen molar-refractivity contribution >= 4 is 22.1 Å². The van der Waals surface area contributed by atoms with Gasteiger partial charge in [0.1, 0.15) is 0 Å². The van der Waals surface area contributed by atoms with E-state index in [0.717, 1.165) is 87.9 Å². The van der Waals surface area contributed by atoms with E-state index in [0.29, 0.717) is 5.71 Å². The van der Waals surface area contributed by atoms with Gasteiger partial charge in [0.25, 0.3) is 0 Å². The Hall–Kier alpha value is -6.92. The monoisotopic (exact) mass is 1050 g/mol. The fourth-order valence-corrected chi connectivity index (χ4v) is 8.26. The van der Waals surface area contributed by atoms with E-state index in [1.165, 1.54) is 51.1 Å². The maximum Gasteiger partial charge on any atom is 3.00 e. The van der Waals surface area contributed by atoms with Gasteiger partial charge in [-0.05, 0) is 107 Å². The van der Waals surface area contributed by atoms with Gasteiger partial charge in [-0.25, -0.2) is 4.98 Å². The Kier molecular flexibility index (Phi) is 14.7. The minimum absolute atomic E-state index is 0. The SMILES string of the molecule is Cc1ccc2c(n1)oc1c(-c3cc(CC(C)(C)C)ccn3)[c-]ccc12.Fc1c[c-]c(-c2ccc(CCc3cc(CCc4c[c-]c(-c5ccccn5)cc4)cc(-c4ccccc4)c3)cn2)cc1.[Ir+3]. The molecule has 5 nitrogen and oxygen atoms in total. The van der Waals surface area contributed by atoms with Gasteiger partial charge in [0, 0.05) is 35.5 Å². The number of rotatable bonds is 11. The first kappa shape index (κ1) is 46.6. The zero-order chi connectivity index (χ0) is 45.5. The number of hydrogen-bond donors (Lipinski definition) is 0. The predicted octanol–water partition coefficient (Wildman–Crippen LogP) is 14.5. The number of halogens is 1. The number of aromatic nitrogens is 4. The second kappa shape index (κ2) is 21.1. The van der Waals surface area contributed by atoms with E-state index in [2.05, 4.69) is 150 Å². The van der Waals surface area contributed by atoms with Gasteiger partial charge in [-0.15, -0.1) is 83.4 Å². The van der Waals surface area contributed by atoms with Gasteiger partial charge in [-0.1, -0.05) is 123 Å². The summed E-state index contributed by atoms with van der Waals surface area (Å²) in [4.78, 5) is 18.1. The van der Waals surface area contributed by atoms with Crippen molar-refractivity contribution in [1.29, 1.82) is 0 Å². The van der Waals surface area contributed by atoms with Crippen molar-refractivity contribution < 1.29 is 28.9 Å². The van der Waals surface area contributed by atoms with Crippen LogP contribution in [0.25, 0.3) is 67.0 Å². The van der Waals surface area contributed by atoms with Crippen molar-refractivity contribution in [3.63, 3.8) is 0 Å². The van der Waals surface area contributed by atoms with Crippen molar-refractivity contribution in [2.45, 2.75) is 59.8 Å². The second-order valence-electron chi connectivity index (χ2n) is 18.0. The smallest absolute Gasteiger partial charge is 0.486 e. The third kappa shape index (κ3) is 11.9. The van der Waals surface area contributed by atoms with Crippen molar-refractivity contribution in [3.8, 4) is 44.9 Å². The zero-order valence-corrected chi connectivity index (χ0v) is 40.5. The summed E-state index contributed by atoms with van der Waals surface area (Å²) in [6, 6.07) is 60.4. The molecule has 7 heteroatoms. The van der Waals surface area contributed by atoms with Crippen LogP contribution in [0.1, 0.15) is 54.3 Å². The van der Waals surface area contributed by atoms with Crippen LogP contribution in [-0.4, -0.2) is 19.9 Å². The van der Waals surface area contributed by atoms with Gasteiger partial charge in [0.15, 0.2) is 0 Å². The first-order valence-electron chi connectivity index (χ1n) is 22.5. The molecule has 0 atom stereocenters. The van der Waals surface area contributed by atoms with E-state index in [4.69, 9.17) is 4.42 Å². The number of furan rings is 1.